The lowest BCUT2D eigenvalue weighted by molar-refractivity contribution is 0.0944. The van der Waals surface area contributed by atoms with Crippen molar-refractivity contribution in [3.05, 3.63) is 41.7 Å². The molecule has 126 valence electrons. The first-order valence-electron chi connectivity index (χ1n) is 7.85. The van der Waals surface area contributed by atoms with E-state index in [9.17, 15) is 4.79 Å². The molecule has 0 atom stereocenters. The van der Waals surface area contributed by atoms with Crippen LogP contribution < -0.4 is 20.1 Å². The third-order valence-corrected chi connectivity index (χ3v) is 3.45. The van der Waals surface area contributed by atoms with Gasteiger partial charge in [-0.1, -0.05) is 19.9 Å². The molecule has 0 spiro atoms. The van der Waals surface area contributed by atoms with Gasteiger partial charge in [-0.25, -0.2) is 9.97 Å². The van der Waals surface area contributed by atoms with Gasteiger partial charge in [0.2, 0.25) is 12.7 Å². The zero-order valence-electron chi connectivity index (χ0n) is 13.7. The number of nitrogens with one attached hydrogen (secondary N) is 2. The van der Waals surface area contributed by atoms with Gasteiger partial charge < -0.3 is 20.1 Å². The van der Waals surface area contributed by atoms with Gasteiger partial charge in [0.15, 0.2) is 11.5 Å². The molecule has 0 unspecified atom stereocenters. The molecule has 0 aliphatic carbocycles. The standard InChI is InChI=1S/C17H20N4O3/c1-11(2)8-19-16(22)13-5-6-18-17(21-13)20-9-12-3-4-14-15(7-12)24-10-23-14/h3-7,11H,8-10H2,1-2H3,(H,19,22)(H,18,20,21). The molecule has 0 saturated carbocycles. The lowest BCUT2D eigenvalue weighted by atomic mass is 10.2. The summed E-state index contributed by atoms with van der Waals surface area (Å²) < 4.78 is 10.6. The number of fused-ring (bicyclic) bond motifs is 1. The van der Waals surface area contributed by atoms with E-state index in [0.29, 0.717) is 30.6 Å². The number of ether oxygens (including phenoxy) is 2. The minimum atomic E-state index is -0.197. The SMILES string of the molecule is CC(C)CNC(=O)c1ccnc(NCc2ccc3c(c2)OCO3)n1. The molecule has 1 aliphatic heterocycles. The van der Waals surface area contributed by atoms with Gasteiger partial charge in [0.05, 0.1) is 0 Å². The first kappa shape index (κ1) is 16.0. The van der Waals surface area contributed by atoms with E-state index < -0.39 is 0 Å². The second-order valence-corrected chi connectivity index (χ2v) is 5.91. The molecular weight excluding hydrogens is 308 g/mol. The van der Waals surface area contributed by atoms with Crippen LogP contribution in [0, 0.1) is 5.92 Å². The summed E-state index contributed by atoms with van der Waals surface area (Å²) in [6, 6.07) is 7.33. The van der Waals surface area contributed by atoms with Crippen LogP contribution in [0.1, 0.15) is 29.9 Å². The first-order valence-corrected chi connectivity index (χ1v) is 7.85. The van der Waals surface area contributed by atoms with E-state index in [4.69, 9.17) is 9.47 Å². The number of aromatic nitrogens is 2. The molecule has 7 nitrogen and oxygen atoms in total. The van der Waals surface area contributed by atoms with Crippen molar-refractivity contribution in [3.63, 3.8) is 0 Å². The normalized spacial score (nSPS) is 12.3. The van der Waals surface area contributed by atoms with Gasteiger partial charge >= 0.3 is 0 Å². The van der Waals surface area contributed by atoms with Crippen LogP contribution in [0.25, 0.3) is 0 Å². The number of amides is 1. The molecule has 0 fully saturated rings. The van der Waals surface area contributed by atoms with Crippen molar-refractivity contribution in [1.29, 1.82) is 0 Å². The summed E-state index contributed by atoms with van der Waals surface area (Å²) in [7, 11) is 0. The third-order valence-electron chi connectivity index (χ3n) is 3.45. The maximum Gasteiger partial charge on any atom is 0.270 e. The summed E-state index contributed by atoms with van der Waals surface area (Å²) in [5.41, 5.74) is 1.36. The molecular formula is C17H20N4O3. The molecule has 1 aromatic heterocycles. The smallest absolute Gasteiger partial charge is 0.270 e. The number of nitrogens with zero attached hydrogens (tertiary/aromatic N) is 2. The second-order valence-electron chi connectivity index (χ2n) is 5.91. The van der Waals surface area contributed by atoms with E-state index in [2.05, 4.69) is 20.6 Å². The van der Waals surface area contributed by atoms with Crippen molar-refractivity contribution in [2.45, 2.75) is 20.4 Å². The van der Waals surface area contributed by atoms with Crippen molar-refractivity contribution < 1.29 is 14.3 Å². The van der Waals surface area contributed by atoms with Gasteiger partial charge in [-0.15, -0.1) is 0 Å². The van der Waals surface area contributed by atoms with E-state index >= 15 is 0 Å². The molecule has 1 aromatic carbocycles. The average Bonchev–Trinajstić information content (AvgIpc) is 3.05. The topological polar surface area (TPSA) is 85.4 Å². The minimum Gasteiger partial charge on any atom is -0.454 e. The summed E-state index contributed by atoms with van der Waals surface area (Å²) in [4.78, 5) is 20.4. The van der Waals surface area contributed by atoms with Crippen LogP contribution in [0.4, 0.5) is 5.95 Å². The van der Waals surface area contributed by atoms with Crippen LogP contribution >= 0.6 is 0 Å². The van der Waals surface area contributed by atoms with E-state index in [0.717, 1.165) is 17.1 Å². The fourth-order valence-corrected chi connectivity index (χ4v) is 2.19. The summed E-state index contributed by atoms with van der Waals surface area (Å²) in [5, 5.41) is 5.95. The number of hydrogen-bond donors (Lipinski definition) is 2. The van der Waals surface area contributed by atoms with Crippen molar-refractivity contribution in [1.82, 2.24) is 15.3 Å². The van der Waals surface area contributed by atoms with Crippen LogP contribution in [-0.2, 0) is 6.54 Å². The highest BCUT2D eigenvalue weighted by atomic mass is 16.7. The van der Waals surface area contributed by atoms with Crippen molar-refractivity contribution in [2.24, 2.45) is 5.92 Å². The fraction of sp³-hybridized carbons (Fsp3) is 0.353. The zero-order valence-corrected chi connectivity index (χ0v) is 13.7. The fourth-order valence-electron chi connectivity index (χ4n) is 2.19. The minimum absolute atomic E-state index is 0.197. The lowest BCUT2D eigenvalue weighted by Gasteiger charge is -2.09. The Morgan fingerprint density at radius 2 is 2.08 bits per heavy atom. The molecule has 3 rings (SSSR count). The lowest BCUT2D eigenvalue weighted by Crippen LogP contribution is -2.28. The number of hydrogen-bond acceptors (Lipinski definition) is 6. The summed E-state index contributed by atoms with van der Waals surface area (Å²) >= 11 is 0. The monoisotopic (exact) mass is 328 g/mol. The van der Waals surface area contributed by atoms with Crippen molar-refractivity contribution in [2.75, 3.05) is 18.7 Å². The van der Waals surface area contributed by atoms with E-state index in [1.165, 1.54) is 0 Å². The van der Waals surface area contributed by atoms with Crippen LogP contribution in [0.3, 0.4) is 0 Å². The largest absolute Gasteiger partial charge is 0.454 e. The predicted octanol–water partition coefficient (Wildman–Crippen LogP) is 2.20. The maximum atomic E-state index is 12.0. The Bertz CT molecular complexity index is 734. The Kier molecular flexibility index (Phi) is 4.79. The van der Waals surface area contributed by atoms with Gasteiger partial charge in [-0.3, -0.25) is 4.79 Å². The Balaban J connectivity index is 1.61. The predicted molar refractivity (Wildman–Crippen MR) is 89.1 cm³/mol. The highest BCUT2D eigenvalue weighted by molar-refractivity contribution is 5.92. The summed E-state index contributed by atoms with van der Waals surface area (Å²) in [5.74, 6) is 2.08. The Hall–Kier alpha value is -2.83. The molecule has 2 aromatic rings. The van der Waals surface area contributed by atoms with Crippen molar-refractivity contribution in [3.8, 4) is 11.5 Å². The number of rotatable bonds is 6. The van der Waals surface area contributed by atoms with E-state index in [1.807, 2.05) is 32.0 Å². The second kappa shape index (κ2) is 7.16. The molecule has 1 aliphatic rings. The van der Waals surface area contributed by atoms with E-state index in [1.54, 1.807) is 12.3 Å². The van der Waals surface area contributed by atoms with Crippen molar-refractivity contribution >= 4 is 11.9 Å². The molecule has 0 radical (unpaired) electrons. The Morgan fingerprint density at radius 1 is 1.25 bits per heavy atom. The van der Waals surface area contributed by atoms with Gasteiger partial charge in [-0.2, -0.15) is 0 Å². The highest BCUT2D eigenvalue weighted by Gasteiger charge is 2.13. The molecule has 0 bridgehead atoms. The molecule has 7 heteroatoms. The molecule has 0 saturated heterocycles. The van der Waals surface area contributed by atoms with Gasteiger partial charge in [-0.05, 0) is 29.7 Å². The summed E-state index contributed by atoms with van der Waals surface area (Å²) in [6.45, 7) is 5.47. The van der Waals surface area contributed by atoms with Crippen LogP contribution in [0.2, 0.25) is 0 Å². The number of carbonyl (C=O) groups excluding carboxylic acids is 1. The van der Waals surface area contributed by atoms with Gasteiger partial charge in [0, 0.05) is 19.3 Å². The number of anilines is 1. The average molecular weight is 328 g/mol. The Morgan fingerprint density at radius 3 is 2.92 bits per heavy atom. The highest BCUT2D eigenvalue weighted by Crippen LogP contribution is 2.32. The third kappa shape index (κ3) is 3.92. The maximum absolute atomic E-state index is 12.0. The van der Waals surface area contributed by atoms with E-state index in [-0.39, 0.29) is 12.7 Å². The molecule has 24 heavy (non-hydrogen) atoms. The quantitative estimate of drug-likeness (QED) is 0.845. The zero-order chi connectivity index (χ0) is 16.9. The van der Waals surface area contributed by atoms with Crippen LogP contribution in [0.15, 0.2) is 30.5 Å². The summed E-state index contributed by atoms with van der Waals surface area (Å²) in [6.07, 6.45) is 1.57. The van der Waals surface area contributed by atoms with Crippen LogP contribution in [0.5, 0.6) is 11.5 Å². The molecule has 1 amide bonds. The Labute approximate surface area is 140 Å². The number of carbonyl (C=O) groups is 1. The molecule has 2 N–H and O–H groups in total. The first-order chi connectivity index (χ1) is 11.6. The number of benzene rings is 1. The van der Waals surface area contributed by atoms with Gasteiger partial charge in [0.25, 0.3) is 5.91 Å². The van der Waals surface area contributed by atoms with Crippen LogP contribution in [-0.4, -0.2) is 29.2 Å². The van der Waals surface area contributed by atoms with Gasteiger partial charge in [0.1, 0.15) is 5.69 Å². The molecule has 2 heterocycles.